The number of aryl methyl sites for hydroxylation is 1. The van der Waals surface area contributed by atoms with E-state index in [9.17, 15) is 0 Å². The highest BCUT2D eigenvalue weighted by Crippen LogP contribution is 2.28. The molecule has 3 atom stereocenters. The summed E-state index contributed by atoms with van der Waals surface area (Å²) in [5.74, 6) is 0.827. The van der Waals surface area contributed by atoms with Crippen LogP contribution >= 0.6 is 11.3 Å². The van der Waals surface area contributed by atoms with Crippen LogP contribution in [-0.4, -0.2) is 11.0 Å². The van der Waals surface area contributed by atoms with Gasteiger partial charge in [0.25, 0.3) is 0 Å². The second-order valence-corrected chi connectivity index (χ2v) is 5.62. The standard InChI is InChI=1S/C12H20N2S/c1-8-5-4-6-11(8)14-10(3)12-13-9(2)7-15-12/h7-8,10-11,14H,4-6H2,1-3H3. The van der Waals surface area contributed by atoms with E-state index in [1.807, 2.05) is 0 Å². The first-order valence-electron chi connectivity index (χ1n) is 5.85. The molecule has 1 heterocycles. The zero-order valence-corrected chi connectivity index (χ0v) is 10.6. The van der Waals surface area contributed by atoms with E-state index in [2.05, 4.69) is 36.5 Å². The summed E-state index contributed by atoms with van der Waals surface area (Å²) in [7, 11) is 0. The summed E-state index contributed by atoms with van der Waals surface area (Å²) in [5, 5.41) is 7.06. The predicted molar refractivity (Wildman–Crippen MR) is 65.2 cm³/mol. The first-order chi connectivity index (χ1) is 7.16. The zero-order valence-electron chi connectivity index (χ0n) is 9.79. The Hall–Kier alpha value is -0.410. The number of thiazole rings is 1. The summed E-state index contributed by atoms with van der Waals surface area (Å²) < 4.78 is 0. The number of aromatic nitrogens is 1. The fraction of sp³-hybridized carbons (Fsp3) is 0.750. The highest BCUT2D eigenvalue weighted by atomic mass is 32.1. The maximum absolute atomic E-state index is 4.53. The lowest BCUT2D eigenvalue weighted by molar-refractivity contribution is 0.387. The molecule has 1 aliphatic rings. The highest BCUT2D eigenvalue weighted by Gasteiger charge is 2.25. The van der Waals surface area contributed by atoms with Crippen molar-refractivity contribution in [3.63, 3.8) is 0 Å². The van der Waals surface area contributed by atoms with Gasteiger partial charge in [0.1, 0.15) is 5.01 Å². The van der Waals surface area contributed by atoms with E-state index >= 15 is 0 Å². The van der Waals surface area contributed by atoms with Crippen molar-refractivity contribution in [3.05, 3.63) is 16.1 Å². The van der Waals surface area contributed by atoms with Crippen LogP contribution in [0.3, 0.4) is 0 Å². The van der Waals surface area contributed by atoms with Crippen LogP contribution in [0, 0.1) is 12.8 Å². The molecule has 3 unspecified atom stereocenters. The summed E-state index contributed by atoms with van der Waals surface area (Å²) in [6, 6.07) is 1.11. The summed E-state index contributed by atoms with van der Waals surface area (Å²) in [6.45, 7) is 6.64. The first-order valence-corrected chi connectivity index (χ1v) is 6.73. The molecule has 0 amide bonds. The molecule has 0 radical (unpaired) electrons. The zero-order chi connectivity index (χ0) is 10.8. The number of nitrogens with one attached hydrogen (secondary N) is 1. The van der Waals surface area contributed by atoms with Crippen molar-refractivity contribution >= 4 is 11.3 Å². The highest BCUT2D eigenvalue weighted by molar-refractivity contribution is 7.09. The summed E-state index contributed by atoms with van der Waals surface area (Å²) in [5.41, 5.74) is 1.14. The van der Waals surface area contributed by atoms with Gasteiger partial charge in [-0.15, -0.1) is 11.3 Å². The minimum absolute atomic E-state index is 0.411. The normalized spacial score (nSPS) is 28.2. The minimum atomic E-state index is 0.411. The Morgan fingerprint density at radius 2 is 2.33 bits per heavy atom. The van der Waals surface area contributed by atoms with E-state index in [0.717, 1.165) is 11.6 Å². The van der Waals surface area contributed by atoms with Crippen molar-refractivity contribution in [2.75, 3.05) is 0 Å². The number of nitrogens with zero attached hydrogens (tertiary/aromatic N) is 1. The largest absolute Gasteiger partial charge is 0.305 e. The van der Waals surface area contributed by atoms with Gasteiger partial charge in [-0.05, 0) is 32.6 Å². The maximum atomic E-state index is 4.53. The molecule has 1 aromatic rings. The Bertz CT molecular complexity index is 321. The molecule has 2 rings (SSSR count). The fourth-order valence-corrected chi connectivity index (χ4v) is 3.17. The quantitative estimate of drug-likeness (QED) is 0.852. The van der Waals surface area contributed by atoms with Crippen LogP contribution in [-0.2, 0) is 0 Å². The third-order valence-electron chi connectivity index (χ3n) is 3.33. The second kappa shape index (κ2) is 4.62. The van der Waals surface area contributed by atoms with Crippen LogP contribution in [0.1, 0.15) is 49.9 Å². The van der Waals surface area contributed by atoms with Gasteiger partial charge in [-0.1, -0.05) is 13.3 Å². The van der Waals surface area contributed by atoms with Crippen LogP contribution in [0.4, 0.5) is 0 Å². The Morgan fingerprint density at radius 3 is 2.87 bits per heavy atom. The van der Waals surface area contributed by atoms with Crippen LogP contribution in [0.15, 0.2) is 5.38 Å². The van der Waals surface area contributed by atoms with E-state index < -0.39 is 0 Å². The molecule has 1 N–H and O–H groups in total. The molecule has 0 saturated heterocycles. The van der Waals surface area contributed by atoms with E-state index in [0.29, 0.717) is 12.1 Å². The lowest BCUT2D eigenvalue weighted by atomic mass is 10.1. The molecule has 1 saturated carbocycles. The first kappa shape index (κ1) is 11.1. The Balaban J connectivity index is 1.94. The van der Waals surface area contributed by atoms with Crippen LogP contribution in [0.5, 0.6) is 0 Å². The van der Waals surface area contributed by atoms with Crippen LogP contribution < -0.4 is 5.32 Å². The van der Waals surface area contributed by atoms with Crippen molar-refractivity contribution < 1.29 is 0 Å². The molecular weight excluding hydrogens is 204 g/mol. The van der Waals surface area contributed by atoms with E-state index in [4.69, 9.17) is 0 Å². The Labute approximate surface area is 96.1 Å². The average molecular weight is 224 g/mol. The van der Waals surface area contributed by atoms with Gasteiger partial charge < -0.3 is 5.32 Å². The smallest absolute Gasteiger partial charge is 0.110 e. The SMILES string of the molecule is Cc1csc(C(C)NC2CCCC2C)n1. The van der Waals surface area contributed by atoms with E-state index in [1.165, 1.54) is 24.3 Å². The second-order valence-electron chi connectivity index (χ2n) is 4.73. The summed E-state index contributed by atoms with van der Waals surface area (Å²) >= 11 is 1.77. The molecule has 2 nitrogen and oxygen atoms in total. The van der Waals surface area contributed by atoms with Gasteiger partial charge in [0.2, 0.25) is 0 Å². The lowest BCUT2D eigenvalue weighted by Crippen LogP contribution is -2.33. The number of hydrogen-bond acceptors (Lipinski definition) is 3. The molecule has 0 aromatic carbocycles. The van der Waals surface area contributed by atoms with E-state index in [1.54, 1.807) is 11.3 Å². The molecule has 1 fully saturated rings. The molecule has 84 valence electrons. The summed E-state index contributed by atoms with van der Waals surface area (Å²) in [6.07, 6.45) is 4.08. The predicted octanol–water partition coefficient (Wildman–Crippen LogP) is 3.29. The van der Waals surface area contributed by atoms with Gasteiger partial charge in [-0.25, -0.2) is 4.98 Å². The summed E-state index contributed by atoms with van der Waals surface area (Å²) in [4.78, 5) is 4.53. The monoisotopic (exact) mass is 224 g/mol. The number of hydrogen-bond donors (Lipinski definition) is 1. The van der Waals surface area contributed by atoms with Gasteiger partial charge in [-0.2, -0.15) is 0 Å². The van der Waals surface area contributed by atoms with Crippen molar-refractivity contribution in [2.45, 2.75) is 52.1 Å². The molecule has 1 aliphatic carbocycles. The van der Waals surface area contributed by atoms with Crippen molar-refractivity contribution in [1.29, 1.82) is 0 Å². The van der Waals surface area contributed by atoms with Crippen LogP contribution in [0.2, 0.25) is 0 Å². The van der Waals surface area contributed by atoms with Gasteiger partial charge >= 0.3 is 0 Å². The molecular formula is C12H20N2S. The fourth-order valence-electron chi connectivity index (χ4n) is 2.36. The van der Waals surface area contributed by atoms with E-state index in [-0.39, 0.29) is 0 Å². The van der Waals surface area contributed by atoms with Crippen molar-refractivity contribution in [3.8, 4) is 0 Å². The lowest BCUT2D eigenvalue weighted by Gasteiger charge is -2.21. The third kappa shape index (κ3) is 2.58. The van der Waals surface area contributed by atoms with Crippen LogP contribution in [0.25, 0.3) is 0 Å². The third-order valence-corrected chi connectivity index (χ3v) is 4.48. The van der Waals surface area contributed by atoms with Gasteiger partial charge in [0.15, 0.2) is 0 Å². The molecule has 0 spiro atoms. The maximum Gasteiger partial charge on any atom is 0.110 e. The molecule has 0 bridgehead atoms. The topological polar surface area (TPSA) is 24.9 Å². The Kier molecular flexibility index (Phi) is 3.42. The van der Waals surface area contributed by atoms with Gasteiger partial charge in [0, 0.05) is 17.1 Å². The molecule has 3 heteroatoms. The molecule has 15 heavy (non-hydrogen) atoms. The van der Waals surface area contributed by atoms with Gasteiger partial charge in [0.05, 0.1) is 6.04 Å². The number of rotatable bonds is 3. The minimum Gasteiger partial charge on any atom is -0.305 e. The van der Waals surface area contributed by atoms with Gasteiger partial charge in [-0.3, -0.25) is 0 Å². The van der Waals surface area contributed by atoms with Crippen molar-refractivity contribution in [1.82, 2.24) is 10.3 Å². The average Bonchev–Trinajstić information content (AvgIpc) is 2.77. The molecule has 1 aromatic heterocycles. The molecule has 0 aliphatic heterocycles. The Morgan fingerprint density at radius 1 is 1.53 bits per heavy atom. The van der Waals surface area contributed by atoms with Crippen molar-refractivity contribution in [2.24, 2.45) is 5.92 Å².